The van der Waals surface area contributed by atoms with Crippen LogP contribution in [0.2, 0.25) is 0 Å². The van der Waals surface area contributed by atoms with Gasteiger partial charge in [-0.2, -0.15) is 0 Å². The van der Waals surface area contributed by atoms with Crippen molar-refractivity contribution in [3.05, 3.63) is 93.2 Å². The smallest absolute Gasteiger partial charge is 0.363 e. The largest absolute Gasteiger partial charge is 0.493 e. The summed E-state index contributed by atoms with van der Waals surface area (Å²) in [4.78, 5) is 39.3. The third-order valence-corrected chi connectivity index (χ3v) is 5.25. The number of aliphatic imine (C=N–C) groups is 1. The predicted molar refractivity (Wildman–Crippen MR) is 124 cm³/mol. The molecule has 0 unspecified atom stereocenters. The van der Waals surface area contributed by atoms with E-state index in [-0.39, 0.29) is 41.1 Å². The van der Waals surface area contributed by atoms with Gasteiger partial charge in [-0.25, -0.2) is 14.6 Å². The molecule has 3 aromatic rings. The van der Waals surface area contributed by atoms with Crippen LogP contribution in [-0.2, 0) is 9.53 Å². The lowest BCUT2D eigenvalue weighted by atomic mass is 10.1. The lowest BCUT2D eigenvalue weighted by Crippen LogP contribution is -2.09. The summed E-state index contributed by atoms with van der Waals surface area (Å²) in [6.45, 7) is 0.122. The Kier molecular flexibility index (Phi) is 5.79. The van der Waals surface area contributed by atoms with Crippen LogP contribution in [0.1, 0.15) is 21.5 Å². The van der Waals surface area contributed by atoms with Crippen molar-refractivity contribution in [2.24, 2.45) is 4.99 Å². The van der Waals surface area contributed by atoms with Gasteiger partial charge in [0.1, 0.15) is 0 Å². The number of rotatable bonds is 6. The van der Waals surface area contributed by atoms with E-state index in [4.69, 9.17) is 23.7 Å². The number of fused-ring (bicyclic) bond motifs is 1. The average molecular weight is 488 g/mol. The molecule has 11 nitrogen and oxygen atoms in total. The quantitative estimate of drug-likeness (QED) is 0.166. The Morgan fingerprint density at radius 3 is 2.56 bits per heavy atom. The monoisotopic (exact) mass is 488 g/mol. The Hall–Kier alpha value is -5.19. The first kappa shape index (κ1) is 22.6. The highest BCUT2D eigenvalue weighted by molar-refractivity contribution is 6.13. The Morgan fingerprint density at radius 2 is 1.81 bits per heavy atom. The number of hydrogen-bond acceptors (Lipinski definition) is 10. The van der Waals surface area contributed by atoms with Gasteiger partial charge in [-0.3, -0.25) is 10.1 Å². The van der Waals surface area contributed by atoms with E-state index in [1.807, 2.05) is 0 Å². The molecule has 0 saturated carbocycles. The number of esters is 2. The van der Waals surface area contributed by atoms with Gasteiger partial charge in [0.2, 0.25) is 12.7 Å². The zero-order chi connectivity index (χ0) is 25.2. The molecular weight excluding hydrogens is 472 g/mol. The van der Waals surface area contributed by atoms with E-state index in [9.17, 15) is 19.7 Å². The minimum absolute atomic E-state index is 0.0698. The van der Waals surface area contributed by atoms with E-state index in [0.29, 0.717) is 22.6 Å². The van der Waals surface area contributed by atoms with E-state index >= 15 is 0 Å². The van der Waals surface area contributed by atoms with Gasteiger partial charge in [0.15, 0.2) is 28.7 Å². The second-order valence-corrected chi connectivity index (χ2v) is 7.51. The summed E-state index contributed by atoms with van der Waals surface area (Å²) in [6, 6.07) is 14.8. The SMILES string of the molecule is COc1cc(/C=C2/N=C(c3ccc4c(c3)OCO4)OC2=O)ccc1OC(=O)c1ccc([N+](=O)[O-])cc1. The highest BCUT2D eigenvalue weighted by atomic mass is 16.7. The fraction of sp³-hybridized carbons (Fsp3) is 0.0800. The number of ether oxygens (including phenoxy) is 5. The fourth-order valence-corrected chi connectivity index (χ4v) is 3.46. The number of carbonyl (C=O) groups is 2. The van der Waals surface area contributed by atoms with Crippen LogP contribution in [0.5, 0.6) is 23.0 Å². The van der Waals surface area contributed by atoms with Crippen LogP contribution in [0, 0.1) is 10.1 Å². The summed E-state index contributed by atoms with van der Waals surface area (Å²) in [5.41, 5.74) is 1.16. The molecule has 180 valence electrons. The van der Waals surface area contributed by atoms with Gasteiger partial charge in [-0.15, -0.1) is 0 Å². The molecule has 3 aromatic carbocycles. The average Bonchev–Trinajstić information content (AvgIpc) is 3.50. The van der Waals surface area contributed by atoms with Crippen molar-refractivity contribution in [1.29, 1.82) is 0 Å². The number of hydrogen-bond donors (Lipinski definition) is 0. The van der Waals surface area contributed by atoms with Gasteiger partial charge in [0, 0.05) is 17.7 Å². The number of nitro groups is 1. The predicted octanol–water partition coefficient (Wildman–Crippen LogP) is 3.90. The highest BCUT2D eigenvalue weighted by Crippen LogP contribution is 2.34. The van der Waals surface area contributed by atoms with E-state index in [1.54, 1.807) is 30.3 Å². The van der Waals surface area contributed by atoms with Crippen molar-refractivity contribution in [3.63, 3.8) is 0 Å². The summed E-state index contributed by atoms with van der Waals surface area (Å²) in [5, 5.41) is 10.8. The number of nitrogens with zero attached hydrogens (tertiary/aromatic N) is 2. The lowest BCUT2D eigenvalue weighted by molar-refractivity contribution is -0.384. The third-order valence-electron chi connectivity index (χ3n) is 5.25. The van der Waals surface area contributed by atoms with Gasteiger partial charge >= 0.3 is 11.9 Å². The van der Waals surface area contributed by atoms with E-state index in [2.05, 4.69) is 4.99 Å². The van der Waals surface area contributed by atoms with E-state index in [1.165, 1.54) is 43.5 Å². The van der Waals surface area contributed by atoms with Gasteiger partial charge in [0.25, 0.3) is 5.69 Å². The van der Waals surface area contributed by atoms with Gasteiger partial charge in [0.05, 0.1) is 17.6 Å². The molecule has 0 N–H and O–H groups in total. The van der Waals surface area contributed by atoms with Crippen molar-refractivity contribution in [3.8, 4) is 23.0 Å². The molecule has 0 radical (unpaired) electrons. The molecule has 0 spiro atoms. The van der Waals surface area contributed by atoms with Crippen LogP contribution >= 0.6 is 0 Å². The van der Waals surface area contributed by atoms with E-state index < -0.39 is 16.9 Å². The Bertz CT molecular complexity index is 1460. The molecule has 0 bridgehead atoms. The van der Waals surface area contributed by atoms with Gasteiger partial charge in [-0.05, 0) is 54.1 Å². The molecule has 0 saturated heterocycles. The Morgan fingerprint density at radius 1 is 1.03 bits per heavy atom. The summed E-state index contributed by atoms with van der Waals surface area (Å²) in [6.07, 6.45) is 1.51. The first-order valence-electron chi connectivity index (χ1n) is 10.5. The van der Waals surface area contributed by atoms with Crippen LogP contribution in [-0.4, -0.2) is 36.7 Å². The second kappa shape index (κ2) is 9.22. The molecule has 2 aliphatic rings. The molecule has 5 rings (SSSR count). The summed E-state index contributed by atoms with van der Waals surface area (Å²) < 4.78 is 26.6. The molecule has 2 heterocycles. The van der Waals surface area contributed by atoms with Crippen molar-refractivity contribution < 1.29 is 38.2 Å². The maximum atomic E-state index is 12.5. The summed E-state index contributed by atoms with van der Waals surface area (Å²) >= 11 is 0. The second-order valence-electron chi connectivity index (χ2n) is 7.51. The molecule has 36 heavy (non-hydrogen) atoms. The maximum Gasteiger partial charge on any atom is 0.363 e. The van der Waals surface area contributed by atoms with Crippen LogP contribution < -0.4 is 18.9 Å². The molecular formula is C25H16N2O9. The zero-order valence-electron chi connectivity index (χ0n) is 18.6. The number of methoxy groups -OCH3 is 1. The molecule has 0 atom stereocenters. The number of carbonyl (C=O) groups excluding carboxylic acids is 2. The Balaban J connectivity index is 1.35. The normalized spacial score (nSPS) is 14.9. The molecule has 0 aliphatic carbocycles. The lowest BCUT2D eigenvalue weighted by Gasteiger charge is -2.10. The molecule has 0 amide bonds. The minimum atomic E-state index is -0.716. The van der Waals surface area contributed by atoms with Crippen LogP contribution in [0.3, 0.4) is 0 Å². The van der Waals surface area contributed by atoms with Crippen molar-refractivity contribution >= 4 is 29.6 Å². The first-order chi connectivity index (χ1) is 17.4. The topological polar surface area (TPSA) is 136 Å². The molecule has 11 heteroatoms. The fourth-order valence-electron chi connectivity index (χ4n) is 3.46. The molecule has 0 aromatic heterocycles. The van der Waals surface area contributed by atoms with Gasteiger partial charge < -0.3 is 23.7 Å². The minimum Gasteiger partial charge on any atom is -0.493 e. The standard InChI is InChI=1S/C25H16N2O9/c1-32-21-11-14(2-8-20(21)35-24(28)15-3-6-17(7-4-15)27(30)31)10-18-25(29)36-23(26-18)16-5-9-19-22(12-16)34-13-33-19/h2-12H,13H2,1H3/b18-10+. The molecule has 2 aliphatic heterocycles. The molecule has 0 fully saturated rings. The van der Waals surface area contributed by atoms with Crippen molar-refractivity contribution in [2.75, 3.05) is 13.9 Å². The summed E-state index contributed by atoms with van der Waals surface area (Å²) in [7, 11) is 1.40. The first-order valence-corrected chi connectivity index (χ1v) is 10.5. The van der Waals surface area contributed by atoms with Crippen LogP contribution in [0.25, 0.3) is 6.08 Å². The van der Waals surface area contributed by atoms with Crippen LogP contribution in [0.4, 0.5) is 5.69 Å². The number of cyclic esters (lactones) is 1. The number of nitro benzene ring substituents is 1. The van der Waals surface area contributed by atoms with Gasteiger partial charge in [-0.1, -0.05) is 6.07 Å². The zero-order valence-corrected chi connectivity index (χ0v) is 18.6. The number of benzene rings is 3. The van der Waals surface area contributed by atoms with Crippen molar-refractivity contribution in [1.82, 2.24) is 0 Å². The maximum absolute atomic E-state index is 12.5. The highest BCUT2D eigenvalue weighted by Gasteiger charge is 2.26. The number of non-ortho nitro benzene ring substituents is 1. The van der Waals surface area contributed by atoms with Crippen molar-refractivity contribution in [2.45, 2.75) is 0 Å². The van der Waals surface area contributed by atoms with E-state index in [0.717, 1.165) is 0 Å². The third kappa shape index (κ3) is 4.44. The van der Waals surface area contributed by atoms with Crippen LogP contribution in [0.15, 0.2) is 71.4 Å². The summed E-state index contributed by atoms with van der Waals surface area (Å²) in [5.74, 6) is 0.271. The Labute approximate surface area is 203 Å².